The number of hydrogen-bond acceptors (Lipinski definition) is 2. The molecule has 0 N–H and O–H groups in total. The highest BCUT2D eigenvalue weighted by molar-refractivity contribution is 7.84. The van der Waals surface area contributed by atoms with Crippen molar-refractivity contribution in [2.45, 2.75) is 39.1 Å². The zero-order valence-corrected chi connectivity index (χ0v) is 11.1. The molecule has 0 saturated heterocycles. The summed E-state index contributed by atoms with van der Waals surface area (Å²) in [6, 6.07) is 3.84. The Morgan fingerprint density at radius 3 is 2.27 bits per heavy atom. The van der Waals surface area contributed by atoms with E-state index in [1.165, 1.54) is 5.56 Å². The molecule has 0 amide bonds. The number of aromatic nitrogens is 1. The minimum absolute atomic E-state index is 0.639. The Morgan fingerprint density at radius 1 is 1.33 bits per heavy atom. The largest absolute Gasteiger partial charge is 0.253 e. The molecule has 86 valence electrons. The van der Waals surface area contributed by atoms with Gasteiger partial charge in [-0.15, -0.1) is 0 Å². The summed E-state index contributed by atoms with van der Waals surface area (Å²) in [5.74, 6) is 0.639. The van der Waals surface area contributed by atoms with E-state index in [1.54, 1.807) is 6.26 Å². The Hall–Kier alpha value is -0.700. The molecule has 0 bridgehead atoms. The van der Waals surface area contributed by atoms with Crippen LogP contribution in [-0.4, -0.2) is 15.4 Å². The first-order chi connectivity index (χ1) is 7.09. The molecule has 0 aliphatic heterocycles. The van der Waals surface area contributed by atoms with Gasteiger partial charge in [0.05, 0.1) is 10.8 Å². The van der Waals surface area contributed by atoms with E-state index in [9.17, 15) is 4.21 Å². The number of nitrogens with zero attached hydrogens (tertiary/aromatic N) is 1. The minimum atomic E-state index is -0.961. The summed E-state index contributed by atoms with van der Waals surface area (Å²) in [7, 11) is -0.961. The van der Waals surface area contributed by atoms with Crippen molar-refractivity contribution in [1.82, 2.24) is 4.98 Å². The smallest absolute Gasteiger partial charge is 0.126 e. The van der Waals surface area contributed by atoms with E-state index in [-0.39, 0.29) is 0 Å². The number of hydrogen-bond donors (Lipinski definition) is 0. The molecule has 0 aliphatic carbocycles. The lowest BCUT2D eigenvalue weighted by Crippen LogP contribution is -1.97. The van der Waals surface area contributed by atoms with Crippen LogP contribution in [0.25, 0.3) is 0 Å². The Kier molecular flexibility index (Phi) is 7.22. The number of rotatable bonds is 3. The molecule has 0 radical (unpaired) electrons. The Bertz CT molecular complexity index is 293. The van der Waals surface area contributed by atoms with Crippen molar-refractivity contribution in [3.8, 4) is 0 Å². The highest BCUT2D eigenvalue weighted by Gasteiger charge is 2.00. The van der Waals surface area contributed by atoms with E-state index >= 15 is 0 Å². The molecular weight excluding hydrogens is 206 g/mol. The van der Waals surface area contributed by atoms with E-state index in [0.29, 0.717) is 10.9 Å². The third kappa shape index (κ3) is 5.67. The van der Waals surface area contributed by atoms with Crippen molar-refractivity contribution in [3.63, 3.8) is 0 Å². The van der Waals surface area contributed by atoms with Gasteiger partial charge in [0.1, 0.15) is 5.03 Å². The second-order valence-corrected chi connectivity index (χ2v) is 4.88. The van der Waals surface area contributed by atoms with Gasteiger partial charge < -0.3 is 0 Å². The molecule has 15 heavy (non-hydrogen) atoms. The number of pyridine rings is 1. The van der Waals surface area contributed by atoms with Gasteiger partial charge in [-0.1, -0.05) is 33.8 Å². The van der Waals surface area contributed by atoms with Crippen LogP contribution in [0.15, 0.2) is 23.4 Å². The fourth-order valence-electron chi connectivity index (χ4n) is 1.17. The minimum Gasteiger partial charge on any atom is -0.253 e. The van der Waals surface area contributed by atoms with Crippen molar-refractivity contribution in [2.75, 3.05) is 6.26 Å². The van der Waals surface area contributed by atoms with Gasteiger partial charge in [0.2, 0.25) is 0 Å². The lowest BCUT2D eigenvalue weighted by atomic mass is 10.1. The van der Waals surface area contributed by atoms with Gasteiger partial charge >= 0.3 is 0 Å². The maximum atomic E-state index is 11.0. The normalized spacial score (nSPS) is 11.9. The van der Waals surface area contributed by atoms with Crippen LogP contribution in [0.1, 0.15) is 33.3 Å². The summed E-state index contributed by atoms with van der Waals surface area (Å²) in [6.45, 7) is 8.35. The quantitative estimate of drug-likeness (QED) is 0.794. The van der Waals surface area contributed by atoms with Crippen LogP contribution in [0, 0.1) is 5.92 Å². The molecule has 0 aliphatic rings. The van der Waals surface area contributed by atoms with E-state index in [4.69, 9.17) is 0 Å². The predicted molar refractivity (Wildman–Crippen MR) is 66.5 cm³/mol. The summed E-state index contributed by atoms with van der Waals surface area (Å²) < 4.78 is 11.0. The molecular formula is C12H21NOS. The Morgan fingerprint density at radius 2 is 1.93 bits per heavy atom. The summed E-state index contributed by atoms with van der Waals surface area (Å²) >= 11 is 0. The zero-order valence-electron chi connectivity index (χ0n) is 10.3. The molecule has 3 heteroatoms. The van der Waals surface area contributed by atoms with Gasteiger partial charge in [-0.3, -0.25) is 4.21 Å². The van der Waals surface area contributed by atoms with Crippen LogP contribution in [0.4, 0.5) is 0 Å². The van der Waals surface area contributed by atoms with Gasteiger partial charge in [-0.05, 0) is 24.0 Å². The summed E-state index contributed by atoms with van der Waals surface area (Å²) in [5.41, 5.74) is 1.21. The monoisotopic (exact) mass is 227 g/mol. The molecule has 1 atom stereocenters. The second-order valence-electron chi connectivity index (χ2n) is 3.56. The van der Waals surface area contributed by atoms with Crippen LogP contribution >= 0.6 is 0 Å². The van der Waals surface area contributed by atoms with Crippen molar-refractivity contribution in [2.24, 2.45) is 5.92 Å². The molecule has 1 heterocycles. The molecule has 0 fully saturated rings. The van der Waals surface area contributed by atoms with Crippen LogP contribution < -0.4 is 0 Å². The first-order valence-electron chi connectivity index (χ1n) is 5.38. The maximum Gasteiger partial charge on any atom is 0.126 e. The Labute approximate surface area is 95.6 Å². The molecule has 2 nitrogen and oxygen atoms in total. The van der Waals surface area contributed by atoms with E-state index in [1.807, 2.05) is 32.2 Å². The predicted octanol–water partition coefficient (Wildman–Crippen LogP) is 3.04. The topological polar surface area (TPSA) is 30.0 Å². The van der Waals surface area contributed by atoms with Crippen molar-refractivity contribution < 1.29 is 4.21 Å². The molecule has 0 spiro atoms. The fraction of sp³-hybridized carbons (Fsp3) is 0.583. The first kappa shape index (κ1) is 14.3. The lowest BCUT2D eigenvalue weighted by Gasteiger charge is -2.04. The lowest BCUT2D eigenvalue weighted by molar-refractivity contribution is 0.644. The average Bonchev–Trinajstić information content (AvgIpc) is 2.20. The van der Waals surface area contributed by atoms with Gasteiger partial charge in [0, 0.05) is 12.5 Å². The van der Waals surface area contributed by atoms with Crippen molar-refractivity contribution >= 4 is 10.8 Å². The standard InChI is InChI=1S/C10H15NOS.C2H6/c1-8(2)6-9-4-5-10(11-7-9)13(3)12;1-2/h4-5,7-8H,6H2,1-3H3;1-2H3. The first-order valence-corrected chi connectivity index (χ1v) is 6.93. The zero-order chi connectivity index (χ0) is 11.8. The van der Waals surface area contributed by atoms with E-state index in [2.05, 4.69) is 18.8 Å². The van der Waals surface area contributed by atoms with Crippen LogP contribution in [0.5, 0.6) is 0 Å². The fourth-order valence-corrected chi connectivity index (χ4v) is 1.63. The average molecular weight is 227 g/mol. The van der Waals surface area contributed by atoms with Crippen LogP contribution in [-0.2, 0) is 17.2 Å². The third-order valence-corrected chi connectivity index (χ3v) is 2.57. The maximum absolute atomic E-state index is 11.0. The van der Waals surface area contributed by atoms with Crippen molar-refractivity contribution in [3.05, 3.63) is 23.9 Å². The second kappa shape index (κ2) is 7.57. The molecule has 1 aromatic rings. The molecule has 0 saturated carbocycles. The van der Waals surface area contributed by atoms with Gasteiger partial charge in [0.25, 0.3) is 0 Å². The third-order valence-electron chi connectivity index (χ3n) is 1.74. The highest BCUT2D eigenvalue weighted by Crippen LogP contribution is 2.08. The highest BCUT2D eigenvalue weighted by atomic mass is 32.2. The van der Waals surface area contributed by atoms with Crippen LogP contribution in [0.2, 0.25) is 0 Å². The summed E-state index contributed by atoms with van der Waals surface area (Å²) in [4.78, 5) is 4.13. The van der Waals surface area contributed by atoms with Gasteiger partial charge in [-0.2, -0.15) is 0 Å². The molecule has 1 unspecified atom stereocenters. The van der Waals surface area contributed by atoms with Crippen LogP contribution in [0.3, 0.4) is 0 Å². The molecule has 0 aromatic carbocycles. The van der Waals surface area contributed by atoms with Crippen molar-refractivity contribution in [1.29, 1.82) is 0 Å². The molecule has 1 rings (SSSR count). The van der Waals surface area contributed by atoms with E-state index in [0.717, 1.165) is 6.42 Å². The SMILES string of the molecule is CC.CC(C)Cc1ccc(S(C)=O)nc1. The summed E-state index contributed by atoms with van der Waals surface area (Å²) in [6.07, 6.45) is 4.49. The van der Waals surface area contributed by atoms with E-state index < -0.39 is 10.8 Å². The Balaban J connectivity index is 0.000000921. The summed E-state index contributed by atoms with van der Waals surface area (Å²) in [5, 5.41) is 0.660. The van der Waals surface area contributed by atoms with Gasteiger partial charge in [-0.25, -0.2) is 4.98 Å². The van der Waals surface area contributed by atoms with Gasteiger partial charge in [0.15, 0.2) is 0 Å². The molecule has 1 aromatic heterocycles.